The summed E-state index contributed by atoms with van der Waals surface area (Å²) in [5, 5.41) is 8.40. The number of carbonyl (C=O) groups is 1. The number of carboxylic acids is 1. The van der Waals surface area contributed by atoms with E-state index >= 15 is 0 Å². The fraction of sp³-hybridized carbons (Fsp3) is 0.417. The topological polar surface area (TPSA) is 46.5 Å². The van der Waals surface area contributed by atoms with Crippen molar-refractivity contribution >= 4 is 5.97 Å². The van der Waals surface area contributed by atoms with Gasteiger partial charge in [0.2, 0.25) is 0 Å². The molecule has 0 atom stereocenters. The summed E-state index contributed by atoms with van der Waals surface area (Å²) in [7, 11) is 0. The number of rotatable bonds is 3. The molecule has 88 valence electrons. The monoisotopic (exact) mass is 226 g/mol. The highest BCUT2D eigenvalue weighted by Gasteiger charge is 2.16. The van der Waals surface area contributed by atoms with Gasteiger partial charge in [-0.2, -0.15) is 0 Å². The molecule has 0 aliphatic carbocycles. The highest BCUT2D eigenvalue weighted by molar-refractivity contribution is 5.68. The van der Waals surface area contributed by atoms with Crippen molar-refractivity contribution in [3.05, 3.63) is 29.6 Å². The molecule has 0 spiro atoms. The molecular formula is C12H15FO3. The van der Waals surface area contributed by atoms with Gasteiger partial charge in [0, 0.05) is 0 Å². The molecule has 0 unspecified atom stereocenters. The van der Waals surface area contributed by atoms with Crippen molar-refractivity contribution in [1.29, 1.82) is 0 Å². The molecule has 0 aliphatic heterocycles. The van der Waals surface area contributed by atoms with Crippen LogP contribution in [0.15, 0.2) is 18.2 Å². The molecule has 4 heteroatoms. The maximum atomic E-state index is 13.5. The summed E-state index contributed by atoms with van der Waals surface area (Å²) < 4.78 is 18.3. The fourth-order valence-electron chi connectivity index (χ4n) is 1.22. The lowest BCUT2D eigenvalue weighted by atomic mass is 9.87. The molecule has 0 aromatic heterocycles. The van der Waals surface area contributed by atoms with Gasteiger partial charge < -0.3 is 9.84 Å². The van der Waals surface area contributed by atoms with Crippen molar-refractivity contribution in [1.82, 2.24) is 0 Å². The van der Waals surface area contributed by atoms with E-state index in [0.717, 1.165) is 5.56 Å². The third kappa shape index (κ3) is 3.22. The molecule has 1 rings (SSSR count). The molecule has 16 heavy (non-hydrogen) atoms. The summed E-state index contributed by atoms with van der Waals surface area (Å²) in [6, 6.07) is 4.57. The van der Waals surface area contributed by atoms with Gasteiger partial charge in [0.1, 0.15) is 0 Å². The zero-order valence-corrected chi connectivity index (χ0v) is 9.58. The molecule has 0 fully saturated rings. The molecule has 0 aliphatic rings. The van der Waals surface area contributed by atoms with Crippen LogP contribution in [0.5, 0.6) is 5.75 Å². The molecule has 0 saturated heterocycles. The Morgan fingerprint density at radius 3 is 2.50 bits per heavy atom. The third-order valence-electron chi connectivity index (χ3n) is 2.15. The van der Waals surface area contributed by atoms with E-state index in [4.69, 9.17) is 9.84 Å². The van der Waals surface area contributed by atoms with Crippen molar-refractivity contribution in [2.24, 2.45) is 0 Å². The van der Waals surface area contributed by atoms with Crippen LogP contribution in [-0.2, 0) is 10.2 Å². The first-order valence-corrected chi connectivity index (χ1v) is 4.95. The number of hydrogen-bond acceptors (Lipinski definition) is 2. The van der Waals surface area contributed by atoms with E-state index in [2.05, 4.69) is 0 Å². The van der Waals surface area contributed by atoms with E-state index in [0.29, 0.717) is 0 Å². The summed E-state index contributed by atoms with van der Waals surface area (Å²) >= 11 is 0. The van der Waals surface area contributed by atoms with Crippen molar-refractivity contribution in [2.75, 3.05) is 6.61 Å². The third-order valence-corrected chi connectivity index (χ3v) is 2.15. The normalized spacial score (nSPS) is 11.2. The molecule has 0 bridgehead atoms. The first-order chi connectivity index (χ1) is 7.30. The lowest BCUT2D eigenvalue weighted by Gasteiger charge is -2.19. The maximum absolute atomic E-state index is 13.5. The Morgan fingerprint density at radius 1 is 1.44 bits per heavy atom. The molecule has 0 radical (unpaired) electrons. The Kier molecular flexibility index (Phi) is 3.52. The summed E-state index contributed by atoms with van der Waals surface area (Å²) in [4.78, 5) is 10.3. The van der Waals surface area contributed by atoms with E-state index in [-0.39, 0.29) is 11.2 Å². The van der Waals surface area contributed by atoms with E-state index in [1.54, 1.807) is 6.07 Å². The van der Waals surface area contributed by atoms with Crippen LogP contribution < -0.4 is 4.74 Å². The number of aliphatic carboxylic acids is 1. The SMILES string of the molecule is CC(C)(C)c1ccc(OCC(=O)O)c(F)c1. The summed E-state index contributed by atoms with van der Waals surface area (Å²) in [5.41, 5.74) is 0.694. The Hall–Kier alpha value is -1.58. The molecule has 1 aromatic carbocycles. The highest BCUT2D eigenvalue weighted by Crippen LogP contribution is 2.26. The first kappa shape index (κ1) is 12.5. The van der Waals surface area contributed by atoms with Crippen molar-refractivity contribution in [2.45, 2.75) is 26.2 Å². The lowest BCUT2D eigenvalue weighted by molar-refractivity contribution is -0.139. The van der Waals surface area contributed by atoms with Gasteiger partial charge in [0.05, 0.1) is 0 Å². The number of ether oxygens (including phenoxy) is 1. The van der Waals surface area contributed by atoms with Gasteiger partial charge in [-0.25, -0.2) is 9.18 Å². The molecule has 1 N–H and O–H groups in total. The fourth-order valence-corrected chi connectivity index (χ4v) is 1.22. The van der Waals surface area contributed by atoms with E-state index in [1.165, 1.54) is 12.1 Å². The van der Waals surface area contributed by atoms with E-state index in [1.807, 2.05) is 20.8 Å². The quantitative estimate of drug-likeness (QED) is 0.861. The summed E-state index contributed by atoms with van der Waals surface area (Å²) in [6.07, 6.45) is 0. The van der Waals surface area contributed by atoms with E-state index in [9.17, 15) is 9.18 Å². The largest absolute Gasteiger partial charge is 0.479 e. The van der Waals surface area contributed by atoms with Crippen molar-refractivity contribution in [3.63, 3.8) is 0 Å². The second-order valence-electron chi connectivity index (χ2n) is 4.58. The van der Waals surface area contributed by atoms with Gasteiger partial charge in [-0.1, -0.05) is 26.8 Å². The molecule has 0 heterocycles. The number of carboxylic acid groups (broad SMARTS) is 1. The van der Waals surface area contributed by atoms with Crippen molar-refractivity contribution in [3.8, 4) is 5.75 Å². The molecule has 0 saturated carbocycles. The minimum absolute atomic E-state index is 0.0320. The Morgan fingerprint density at radius 2 is 2.06 bits per heavy atom. The van der Waals surface area contributed by atoms with Crippen LogP contribution >= 0.6 is 0 Å². The predicted molar refractivity (Wildman–Crippen MR) is 58.2 cm³/mol. The standard InChI is InChI=1S/C12H15FO3/c1-12(2,3)8-4-5-10(9(13)6-8)16-7-11(14)15/h4-6H,7H2,1-3H3,(H,14,15). The van der Waals surface area contributed by atoms with Crippen LogP contribution in [0.3, 0.4) is 0 Å². The minimum Gasteiger partial charge on any atom is -0.479 e. The maximum Gasteiger partial charge on any atom is 0.341 e. The van der Waals surface area contributed by atoms with Crippen LogP contribution in [0.1, 0.15) is 26.3 Å². The number of hydrogen-bond donors (Lipinski definition) is 1. The molecular weight excluding hydrogens is 211 g/mol. The van der Waals surface area contributed by atoms with Gasteiger partial charge in [-0.15, -0.1) is 0 Å². The van der Waals surface area contributed by atoms with Crippen molar-refractivity contribution < 1.29 is 19.0 Å². The predicted octanol–water partition coefficient (Wildman–Crippen LogP) is 2.59. The zero-order valence-electron chi connectivity index (χ0n) is 9.58. The average Bonchev–Trinajstić information content (AvgIpc) is 2.14. The van der Waals surface area contributed by atoms with Crippen LogP contribution in [0.25, 0.3) is 0 Å². The molecule has 3 nitrogen and oxygen atoms in total. The summed E-state index contributed by atoms with van der Waals surface area (Å²) in [6.45, 7) is 5.38. The van der Waals surface area contributed by atoms with Gasteiger partial charge >= 0.3 is 5.97 Å². The smallest absolute Gasteiger partial charge is 0.341 e. The molecule has 1 aromatic rings. The van der Waals surface area contributed by atoms with E-state index < -0.39 is 18.4 Å². The average molecular weight is 226 g/mol. The van der Waals surface area contributed by atoms with Gasteiger partial charge in [0.25, 0.3) is 0 Å². The molecule has 0 amide bonds. The Bertz CT molecular complexity index is 394. The lowest BCUT2D eigenvalue weighted by Crippen LogP contribution is -2.13. The second kappa shape index (κ2) is 4.51. The summed E-state index contributed by atoms with van der Waals surface area (Å²) in [5.74, 6) is -1.69. The minimum atomic E-state index is -1.13. The van der Waals surface area contributed by atoms with Crippen LogP contribution in [0.4, 0.5) is 4.39 Å². The van der Waals surface area contributed by atoms with Gasteiger partial charge in [-0.05, 0) is 23.1 Å². The second-order valence-corrected chi connectivity index (χ2v) is 4.58. The number of halogens is 1. The van der Waals surface area contributed by atoms with Gasteiger partial charge in [0.15, 0.2) is 18.2 Å². The van der Waals surface area contributed by atoms with Crippen LogP contribution in [0.2, 0.25) is 0 Å². The highest BCUT2D eigenvalue weighted by atomic mass is 19.1. The number of benzene rings is 1. The Labute approximate surface area is 93.9 Å². The Balaban J connectivity index is 2.88. The van der Waals surface area contributed by atoms with Crippen LogP contribution in [-0.4, -0.2) is 17.7 Å². The van der Waals surface area contributed by atoms with Crippen LogP contribution in [0, 0.1) is 5.82 Å². The van der Waals surface area contributed by atoms with Gasteiger partial charge in [-0.3, -0.25) is 0 Å². The zero-order chi connectivity index (χ0) is 12.3. The first-order valence-electron chi connectivity index (χ1n) is 4.95.